The van der Waals surface area contributed by atoms with Gasteiger partial charge in [-0.2, -0.15) is 0 Å². The van der Waals surface area contributed by atoms with Crippen LogP contribution >= 0.6 is 15.9 Å². The van der Waals surface area contributed by atoms with Gasteiger partial charge in [0.05, 0.1) is 17.0 Å². The number of carbonyl (C=O) groups is 2. The van der Waals surface area contributed by atoms with Crippen LogP contribution in [-0.4, -0.2) is 48.1 Å². The van der Waals surface area contributed by atoms with E-state index in [-0.39, 0.29) is 12.3 Å². The number of aryl methyl sites for hydroxylation is 1. The van der Waals surface area contributed by atoms with E-state index in [4.69, 9.17) is 5.11 Å². The monoisotopic (exact) mass is 560 g/mol. The van der Waals surface area contributed by atoms with Crippen molar-refractivity contribution in [2.24, 2.45) is 0 Å². The van der Waals surface area contributed by atoms with Gasteiger partial charge in [-0.1, -0.05) is 58.4 Å². The van der Waals surface area contributed by atoms with Crippen LogP contribution in [0.4, 0.5) is 11.4 Å². The molecule has 37 heavy (non-hydrogen) atoms. The zero-order chi connectivity index (χ0) is 25.8. The molecule has 1 saturated heterocycles. The third-order valence-electron chi connectivity index (χ3n) is 6.69. The molecule has 0 bridgehead atoms. The van der Waals surface area contributed by atoms with E-state index < -0.39 is 5.97 Å². The fourth-order valence-corrected chi connectivity index (χ4v) is 5.09. The lowest BCUT2D eigenvalue weighted by molar-refractivity contribution is -0.137. The number of carboxylic acid groups (broad SMARTS) is 1. The average molecular weight is 561 g/mol. The van der Waals surface area contributed by atoms with Crippen LogP contribution in [0.1, 0.15) is 28.7 Å². The predicted octanol–water partition coefficient (Wildman–Crippen LogP) is 4.80. The Labute approximate surface area is 224 Å². The largest absolute Gasteiger partial charge is 0.481 e. The lowest BCUT2D eigenvalue weighted by Crippen LogP contribution is -2.42. The number of carboxylic acids is 1. The van der Waals surface area contributed by atoms with Crippen LogP contribution < -0.4 is 16.0 Å². The molecule has 0 radical (unpaired) electrons. The molecule has 190 valence electrons. The lowest BCUT2D eigenvalue weighted by Gasteiger charge is -2.27. The molecular weight excluding hydrogens is 532 g/mol. The summed E-state index contributed by atoms with van der Waals surface area (Å²) in [6.07, 6.45) is 0.539. The van der Waals surface area contributed by atoms with E-state index in [0.717, 1.165) is 65.3 Å². The second kappa shape index (κ2) is 11.3. The Bertz CT molecular complexity index is 1330. The van der Waals surface area contributed by atoms with Crippen LogP contribution in [0.15, 0.2) is 71.2 Å². The van der Waals surface area contributed by atoms with E-state index in [2.05, 4.69) is 61.0 Å². The fraction of sp³-hybridized carbons (Fsp3) is 0.241. The molecule has 0 atom stereocenters. The number of piperazine rings is 1. The SMILES string of the molecule is O=C(O)CCc1ccc(/C(Nc2ccc(CN3CCNCC3)cc2)=C2/C(=O)Nc3cc(Br)ccc32)cc1. The zero-order valence-electron chi connectivity index (χ0n) is 20.4. The predicted molar refractivity (Wildman–Crippen MR) is 150 cm³/mol. The normalized spacial score (nSPS) is 16.7. The molecule has 2 aliphatic rings. The second-order valence-corrected chi connectivity index (χ2v) is 10.2. The summed E-state index contributed by atoms with van der Waals surface area (Å²) in [4.78, 5) is 26.6. The summed E-state index contributed by atoms with van der Waals surface area (Å²) in [5, 5.41) is 18.9. The van der Waals surface area contributed by atoms with Gasteiger partial charge in [0.25, 0.3) is 5.91 Å². The topological polar surface area (TPSA) is 93.7 Å². The van der Waals surface area contributed by atoms with E-state index in [9.17, 15) is 9.59 Å². The highest BCUT2D eigenvalue weighted by Crippen LogP contribution is 2.39. The van der Waals surface area contributed by atoms with Crippen molar-refractivity contribution < 1.29 is 14.7 Å². The van der Waals surface area contributed by atoms with Crippen molar-refractivity contribution in [3.63, 3.8) is 0 Å². The Balaban J connectivity index is 1.46. The van der Waals surface area contributed by atoms with Gasteiger partial charge in [0.15, 0.2) is 0 Å². The highest BCUT2D eigenvalue weighted by atomic mass is 79.9. The van der Waals surface area contributed by atoms with Crippen LogP contribution in [0.5, 0.6) is 0 Å². The van der Waals surface area contributed by atoms with Crippen molar-refractivity contribution in [2.75, 3.05) is 36.8 Å². The molecule has 0 spiro atoms. The number of aliphatic carboxylic acids is 1. The number of amides is 1. The summed E-state index contributed by atoms with van der Waals surface area (Å²) in [6.45, 7) is 5.04. The van der Waals surface area contributed by atoms with Gasteiger partial charge in [-0.3, -0.25) is 14.5 Å². The standard InChI is InChI=1S/C29H29BrN4O3/c30-22-8-11-24-25(17-22)33-29(37)27(24)28(21-6-1-19(2-7-21)5-12-26(35)36)32-23-9-3-20(4-10-23)18-34-15-13-31-14-16-34/h1-4,6-11,17,31-32H,5,12-16,18H2,(H,33,37)(H,35,36)/b28-27-. The van der Waals surface area contributed by atoms with E-state index in [1.807, 2.05) is 42.5 Å². The van der Waals surface area contributed by atoms with Crippen LogP contribution in [0, 0.1) is 0 Å². The third kappa shape index (κ3) is 6.10. The molecule has 0 aliphatic carbocycles. The average Bonchev–Trinajstić information content (AvgIpc) is 3.22. The van der Waals surface area contributed by atoms with Gasteiger partial charge < -0.3 is 21.1 Å². The first-order chi connectivity index (χ1) is 18.0. The molecule has 0 aromatic heterocycles. The number of anilines is 2. The highest BCUT2D eigenvalue weighted by Gasteiger charge is 2.28. The van der Waals surface area contributed by atoms with Crippen molar-refractivity contribution in [1.82, 2.24) is 10.2 Å². The van der Waals surface area contributed by atoms with Crippen LogP contribution in [0.25, 0.3) is 11.3 Å². The first-order valence-corrected chi connectivity index (χ1v) is 13.2. The zero-order valence-corrected chi connectivity index (χ0v) is 22.0. The first kappa shape index (κ1) is 25.2. The molecule has 7 nitrogen and oxygen atoms in total. The van der Waals surface area contributed by atoms with E-state index in [1.165, 1.54) is 5.56 Å². The number of carbonyl (C=O) groups excluding carboxylic acids is 1. The molecule has 5 rings (SSSR count). The summed E-state index contributed by atoms with van der Waals surface area (Å²) >= 11 is 3.48. The van der Waals surface area contributed by atoms with Gasteiger partial charge in [-0.05, 0) is 47.4 Å². The van der Waals surface area contributed by atoms with Gasteiger partial charge in [0, 0.05) is 54.9 Å². The number of hydrogen-bond acceptors (Lipinski definition) is 5. The maximum atomic E-state index is 13.2. The highest BCUT2D eigenvalue weighted by molar-refractivity contribution is 9.10. The van der Waals surface area contributed by atoms with Crippen molar-refractivity contribution in [3.05, 3.63) is 93.5 Å². The Hall–Kier alpha value is -3.46. The second-order valence-electron chi connectivity index (χ2n) is 9.33. The Morgan fingerprint density at radius 3 is 2.38 bits per heavy atom. The quantitative estimate of drug-likeness (QED) is 0.295. The number of hydrogen-bond donors (Lipinski definition) is 4. The number of nitrogens with zero attached hydrogens (tertiary/aromatic N) is 1. The molecule has 3 aromatic carbocycles. The Kier molecular flexibility index (Phi) is 7.69. The molecule has 0 saturated carbocycles. The summed E-state index contributed by atoms with van der Waals surface area (Å²) in [5.74, 6) is -0.986. The maximum Gasteiger partial charge on any atom is 0.303 e. The minimum atomic E-state index is -0.820. The third-order valence-corrected chi connectivity index (χ3v) is 7.18. The molecule has 0 unspecified atom stereocenters. The summed E-state index contributed by atoms with van der Waals surface area (Å²) in [5.41, 5.74) is 6.80. The minimum Gasteiger partial charge on any atom is -0.481 e. The first-order valence-electron chi connectivity index (χ1n) is 12.4. The van der Waals surface area contributed by atoms with Gasteiger partial charge in [-0.15, -0.1) is 0 Å². The molecule has 1 amide bonds. The van der Waals surface area contributed by atoms with E-state index >= 15 is 0 Å². The number of benzene rings is 3. The molecule has 1 fully saturated rings. The molecule has 2 aliphatic heterocycles. The smallest absolute Gasteiger partial charge is 0.303 e. The Morgan fingerprint density at radius 2 is 1.68 bits per heavy atom. The molecule has 3 aromatic rings. The van der Waals surface area contributed by atoms with Crippen LogP contribution in [0.3, 0.4) is 0 Å². The van der Waals surface area contributed by atoms with Gasteiger partial charge in [0.2, 0.25) is 0 Å². The minimum absolute atomic E-state index is 0.0799. The molecule has 4 N–H and O–H groups in total. The van der Waals surface area contributed by atoms with Crippen molar-refractivity contribution in [1.29, 1.82) is 0 Å². The van der Waals surface area contributed by atoms with Gasteiger partial charge in [0.1, 0.15) is 0 Å². The van der Waals surface area contributed by atoms with Crippen LogP contribution in [0.2, 0.25) is 0 Å². The van der Waals surface area contributed by atoms with Gasteiger partial charge in [-0.25, -0.2) is 0 Å². The van der Waals surface area contributed by atoms with Crippen molar-refractivity contribution >= 4 is 50.5 Å². The lowest BCUT2D eigenvalue weighted by atomic mass is 9.98. The van der Waals surface area contributed by atoms with Crippen molar-refractivity contribution in [2.45, 2.75) is 19.4 Å². The number of halogens is 1. The van der Waals surface area contributed by atoms with Crippen molar-refractivity contribution in [3.8, 4) is 0 Å². The Morgan fingerprint density at radius 1 is 0.973 bits per heavy atom. The molecule has 2 heterocycles. The summed E-state index contributed by atoms with van der Waals surface area (Å²) < 4.78 is 0.894. The van der Waals surface area contributed by atoms with E-state index in [0.29, 0.717) is 17.7 Å². The maximum absolute atomic E-state index is 13.2. The van der Waals surface area contributed by atoms with Crippen LogP contribution in [-0.2, 0) is 22.6 Å². The summed E-state index contributed by atoms with van der Waals surface area (Å²) in [6, 6.07) is 21.8. The number of fused-ring (bicyclic) bond motifs is 1. The van der Waals surface area contributed by atoms with Gasteiger partial charge >= 0.3 is 5.97 Å². The fourth-order valence-electron chi connectivity index (χ4n) is 4.73. The summed E-state index contributed by atoms with van der Waals surface area (Å²) in [7, 11) is 0. The molecule has 8 heteroatoms. The molecular formula is C29H29BrN4O3. The van der Waals surface area contributed by atoms with E-state index in [1.54, 1.807) is 0 Å². The number of nitrogens with one attached hydrogen (secondary N) is 3. The number of rotatable bonds is 8.